The van der Waals surface area contributed by atoms with Crippen LogP contribution in [0.1, 0.15) is 25.8 Å². The highest BCUT2D eigenvalue weighted by atomic mass is 16.5. The highest BCUT2D eigenvalue weighted by Gasteiger charge is 2.05. The highest BCUT2D eigenvalue weighted by molar-refractivity contribution is 5.27. The van der Waals surface area contributed by atoms with Crippen molar-refractivity contribution in [3.8, 4) is 5.75 Å². The zero-order chi connectivity index (χ0) is 12.5. The number of benzene rings is 1. The van der Waals surface area contributed by atoms with E-state index in [0.717, 1.165) is 25.1 Å². The van der Waals surface area contributed by atoms with Gasteiger partial charge in [0, 0.05) is 6.04 Å². The van der Waals surface area contributed by atoms with Crippen LogP contribution in [0.2, 0.25) is 0 Å². The molecule has 2 N–H and O–H groups in total. The first-order valence-electron chi connectivity index (χ1n) is 6.36. The summed E-state index contributed by atoms with van der Waals surface area (Å²) in [6.45, 7) is 5.83. The second kappa shape index (κ2) is 8.09. The van der Waals surface area contributed by atoms with Gasteiger partial charge in [-0.2, -0.15) is 0 Å². The number of ether oxygens (including phenoxy) is 1. The maximum atomic E-state index is 9.10. The van der Waals surface area contributed by atoms with E-state index >= 15 is 0 Å². The lowest BCUT2D eigenvalue weighted by Crippen LogP contribution is -2.33. The first-order valence-corrected chi connectivity index (χ1v) is 6.36. The van der Waals surface area contributed by atoms with E-state index in [1.807, 2.05) is 19.1 Å². The van der Waals surface area contributed by atoms with Crippen molar-refractivity contribution in [3.63, 3.8) is 0 Å². The monoisotopic (exact) mass is 237 g/mol. The van der Waals surface area contributed by atoms with Gasteiger partial charge >= 0.3 is 0 Å². The molecule has 0 aliphatic carbocycles. The summed E-state index contributed by atoms with van der Waals surface area (Å²) in [5, 5.41) is 12.3. The molecule has 0 saturated heterocycles. The first kappa shape index (κ1) is 14.0. The largest absolute Gasteiger partial charge is 0.494 e. The van der Waals surface area contributed by atoms with Crippen molar-refractivity contribution in [2.24, 2.45) is 0 Å². The van der Waals surface area contributed by atoms with Crippen molar-refractivity contribution in [1.82, 2.24) is 5.32 Å². The Morgan fingerprint density at radius 2 is 1.94 bits per heavy atom. The molecule has 0 heterocycles. The molecule has 1 aromatic carbocycles. The third-order valence-corrected chi connectivity index (χ3v) is 2.78. The van der Waals surface area contributed by atoms with E-state index in [-0.39, 0.29) is 12.6 Å². The van der Waals surface area contributed by atoms with Crippen LogP contribution >= 0.6 is 0 Å². The maximum absolute atomic E-state index is 9.10. The minimum Gasteiger partial charge on any atom is -0.494 e. The third-order valence-electron chi connectivity index (χ3n) is 2.78. The molecule has 1 unspecified atom stereocenters. The summed E-state index contributed by atoms with van der Waals surface area (Å²) in [7, 11) is 0. The number of likely N-dealkylation sites (N-methyl/N-ethyl adjacent to an activating group) is 1. The summed E-state index contributed by atoms with van der Waals surface area (Å²) in [4.78, 5) is 0. The number of aliphatic hydroxyl groups excluding tert-OH is 1. The lowest BCUT2D eigenvalue weighted by atomic mass is 10.2. The van der Waals surface area contributed by atoms with Gasteiger partial charge in [0.05, 0.1) is 13.2 Å². The summed E-state index contributed by atoms with van der Waals surface area (Å²) in [6, 6.07) is 8.31. The molecule has 1 atom stereocenters. The Bertz CT molecular complexity index is 298. The Labute approximate surface area is 104 Å². The zero-order valence-electron chi connectivity index (χ0n) is 10.8. The number of aliphatic hydroxyl groups is 1. The molecular weight excluding hydrogens is 214 g/mol. The van der Waals surface area contributed by atoms with Gasteiger partial charge in [-0.05, 0) is 37.1 Å². The summed E-state index contributed by atoms with van der Waals surface area (Å²) in [5.74, 6) is 0.899. The minimum absolute atomic E-state index is 0.134. The van der Waals surface area contributed by atoms with Crippen molar-refractivity contribution in [2.45, 2.75) is 32.7 Å². The van der Waals surface area contributed by atoms with E-state index in [2.05, 4.69) is 24.4 Å². The summed E-state index contributed by atoms with van der Waals surface area (Å²) >= 11 is 0. The topological polar surface area (TPSA) is 41.5 Å². The second-order valence-corrected chi connectivity index (χ2v) is 4.07. The molecule has 0 saturated carbocycles. The van der Waals surface area contributed by atoms with E-state index in [1.165, 1.54) is 5.56 Å². The molecule has 17 heavy (non-hydrogen) atoms. The molecule has 0 bridgehead atoms. The normalized spacial score (nSPS) is 12.4. The molecule has 0 radical (unpaired) electrons. The van der Waals surface area contributed by atoms with E-state index in [0.29, 0.717) is 6.61 Å². The van der Waals surface area contributed by atoms with Crippen LogP contribution in [0, 0.1) is 0 Å². The molecule has 0 aliphatic heterocycles. The van der Waals surface area contributed by atoms with Gasteiger partial charge < -0.3 is 15.2 Å². The van der Waals surface area contributed by atoms with Crippen molar-refractivity contribution in [2.75, 3.05) is 19.8 Å². The van der Waals surface area contributed by atoms with Crippen LogP contribution < -0.4 is 10.1 Å². The van der Waals surface area contributed by atoms with Crippen LogP contribution in [-0.4, -0.2) is 30.9 Å². The highest BCUT2D eigenvalue weighted by Crippen LogP contribution is 2.12. The standard InChI is InChI=1S/C14H23NO2/c1-3-12-5-7-14(8-6-12)17-10-9-13(11-16)15-4-2/h5-8,13,15-16H,3-4,9-11H2,1-2H3. The Balaban J connectivity index is 2.29. The maximum Gasteiger partial charge on any atom is 0.119 e. The first-order chi connectivity index (χ1) is 8.30. The van der Waals surface area contributed by atoms with Crippen LogP contribution in [0.25, 0.3) is 0 Å². The Hall–Kier alpha value is -1.06. The molecule has 0 spiro atoms. The van der Waals surface area contributed by atoms with Crippen LogP contribution in [-0.2, 0) is 6.42 Å². The van der Waals surface area contributed by atoms with Crippen molar-refractivity contribution >= 4 is 0 Å². The summed E-state index contributed by atoms with van der Waals surface area (Å²) in [6.07, 6.45) is 1.87. The molecule has 0 aliphatic rings. The van der Waals surface area contributed by atoms with Crippen LogP contribution in [0.15, 0.2) is 24.3 Å². The van der Waals surface area contributed by atoms with Crippen LogP contribution in [0.4, 0.5) is 0 Å². The van der Waals surface area contributed by atoms with E-state index in [9.17, 15) is 0 Å². The molecule has 0 amide bonds. The van der Waals surface area contributed by atoms with E-state index in [4.69, 9.17) is 9.84 Å². The predicted octanol–water partition coefficient (Wildman–Crippen LogP) is 1.99. The van der Waals surface area contributed by atoms with Gasteiger partial charge in [-0.3, -0.25) is 0 Å². The average molecular weight is 237 g/mol. The smallest absolute Gasteiger partial charge is 0.119 e. The number of aryl methyl sites for hydroxylation is 1. The quantitative estimate of drug-likeness (QED) is 0.726. The van der Waals surface area contributed by atoms with Gasteiger partial charge in [-0.15, -0.1) is 0 Å². The number of rotatable bonds is 8. The lowest BCUT2D eigenvalue weighted by Gasteiger charge is -2.15. The third kappa shape index (κ3) is 5.20. The fourth-order valence-corrected chi connectivity index (χ4v) is 1.69. The zero-order valence-corrected chi connectivity index (χ0v) is 10.8. The molecular formula is C14H23NO2. The predicted molar refractivity (Wildman–Crippen MR) is 70.5 cm³/mol. The fraction of sp³-hybridized carbons (Fsp3) is 0.571. The minimum atomic E-state index is 0.134. The van der Waals surface area contributed by atoms with Gasteiger partial charge in [-0.25, -0.2) is 0 Å². The number of hydrogen-bond acceptors (Lipinski definition) is 3. The van der Waals surface area contributed by atoms with E-state index < -0.39 is 0 Å². The lowest BCUT2D eigenvalue weighted by molar-refractivity contribution is 0.210. The average Bonchev–Trinajstić information content (AvgIpc) is 2.38. The van der Waals surface area contributed by atoms with Gasteiger partial charge in [0.25, 0.3) is 0 Å². The van der Waals surface area contributed by atoms with Gasteiger partial charge in [0.2, 0.25) is 0 Å². The van der Waals surface area contributed by atoms with Crippen molar-refractivity contribution in [1.29, 1.82) is 0 Å². The molecule has 0 fully saturated rings. The Kier molecular flexibility index (Phi) is 6.67. The Morgan fingerprint density at radius 1 is 1.24 bits per heavy atom. The van der Waals surface area contributed by atoms with Crippen molar-refractivity contribution < 1.29 is 9.84 Å². The SMILES string of the molecule is CCNC(CO)CCOc1ccc(CC)cc1. The van der Waals surface area contributed by atoms with Gasteiger partial charge in [0.1, 0.15) is 5.75 Å². The van der Waals surface area contributed by atoms with Crippen LogP contribution in [0.5, 0.6) is 5.75 Å². The van der Waals surface area contributed by atoms with Gasteiger partial charge in [-0.1, -0.05) is 26.0 Å². The fourth-order valence-electron chi connectivity index (χ4n) is 1.69. The summed E-state index contributed by atoms with van der Waals surface area (Å²) in [5.41, 5.74) is 1.32. The molecule has 3 nitrogen and oxygen atoms in total. The second-order valence-electron chi connectivity index (χ2n) is 4.07. The summed E-state index contributed by atoms with van der Waals surface area (Å²) < 4.78 is 5.63. The molecule has 1 rings (SSSR count). The van der Waals surface area contributed by atoms with Crippen LogP contribution in [0.3, 0.4) is 0 Å². The number of hydrogen-bond donors (Lipinski definition) is 2. The van der Waals surface area contributed by atoms with Crippen molar-refractivity contribution in [3.05, 3.63) is 29.8 Å². The molecule has 96 valence electrons. The van der Waals surface area contributed by atoms with E-state index in [1.54, 1.807) is 0 Å². The van der Waals surface area contributed by atoms with Gasteiger partial charge in [0.15, 0.2) is 0 Å². The number of nitrogens with one attached hydrogen (secondary N) is 1. The molecule has 0 aromatic heterocycles. The Morgan fingerprint density at radius 3 is 2.47 bits per heavy atom. The molecule has 3 heteroatoms. The molecule has 1 aromatic rings.